The highest BCUT2D eigenvalue weighted by atomic mass is 16.3. The van der Waals surface area contributed by atoms with Gasteiger partial charge in [-0.25, -0.2) is 0 Å². The Labute approximate surface area is 126 Å². The second-order valence-corrected chi connectivity index (χ2v) is 5.39. The smallest absolute Gasteiger partial charge is 0.257 e. The van der Waals surface area contributed by atoms with Crippen molar-refractivity contribution >= 4 is 11.8 Å². The van der Waals surface area contributed by atoms with Crippen molar-refractivity contribution < 1.29 is 14.0 Å². The molecule has 0 saturated carbocycles. The van der Waals surface area contributed by atoms with Crippen LogP contribution in [-0.2, 0) is 4.79 Å². The molecule has 2 atom stereocenters. The monoisotopic (exact) mass is 294 g/mol. The first-order chi connectivity index (χ1) is 9.99. The highest BCUT2D eigenvalue weighted by molar-refractivity contribution is 5.94. The van der Waals surface area contributed by atoms with E-state index in [9.17, 15) is 9.59 Å². The SMILES string of the molecule is CC[C@@H](C)N(CCC(=O)N[C@@H](C)CC)C(=O)c1ccoc1. The lowest BCUT2D eigenvalue weighted by molar-refractivity contribution is -0.121. The quantitative estimate of drug-likeness (QED) is 0.802. The summed E-state index contributed by atoms with van der Waals surface area (Å²) in [5.41, 5.74) is 0.526. The average Bonchev–Trinajstić information content (AvgIpc) is 3.00. The molecule has 5 heteroatoms. The maximum atomic E-state index is 12.4. The van der Waals surface area contributed by atoms with E-state index in [2.05, 4.69) is 5.32 Å². The van der Waals surface area contributed by atoms with Gasteiger partial charge in [0.2, 0.25) is 5.91 Å². The first kappa shape index (κ1) is 17.3. The Hall–Kier alpha value is -1.78. The van der Waals surface area contributed by atoms with Crippen molar-refractivity contribution in [2.75, 3.05) is 6.54 Å². The zero-order valence-electron chi connectivity index (χ0n) is 13.4. The lowest BCUT2D eigenvalue weighted by Gasteiger charge is -2.28. The van der Waals surface area contributed by atoms with E-state index in [0.29, 0.717) is 18.5 Å². The summed E-state index contributed by atoms with van der Waals surface area (Å²) >= 11 is 0. The number of rotatable bonds is 8. The summed E-state index contributed by atoms with van der Waals surface area (Å²) in [6.07, 6.45) is 4.98. The second-order valence-electron chi connectivity index (χ2n) is 5.39. The molecule has 0 aromatic carbocycles. The lowest BCUT2D eigenvalue weighted by Crippen LogP contribution is -2.41. The molecule has 0 bridgehead atoms. The molecule has 1 N–H and O–H groups in total. The normalized spacial score (nSPS) is 13.5. The standard InChI is InChI=1S/C16H26N2O3/c1-5-12(3)17-15(19)7-9-18(13(4)6-2)16(20)14-8-10-21-11-14/h8,10-13H,5-7,9H2,1-4H3,(H,17,19)/t12-,13+/m0/s1. The summed E-state index contributed by atoms with van der Waals surface area (Å²) in [7, 11) is 0. The molecule has 118 valence electrons. The summed E-state index contributed by atoms with van der Waals surface area (Å²) in [6, 6.07) is 1.90. The molecule has 1 aromatic heterocycles. The van der Waals surface area contributed by atoms with Crippen molar-refractivity contribution in [3.05, 3.63) is 24.2 Å². The summed E-state index contributed by atoms with van der Waals surface area (Å²) in [6.45, 7) is 8.44. The summed E-state index contributed by atoms with van der Waals surface area (Å²) in [5, 5.41) is 2.92. The molecule has 1 heterocycles. The van der Waals surface area contributed by atoms with Gasteiger partial charge in [0.25, 0.3) is 5.91 Å². The largest absolute Gasteiger partial charge is 0.472 e. The van der Waals surface area contributed by atoms with E-state index in [1.807, 2.05) is 27.7 Å². The molecule has 0 radical (unpaired) electrons. The number of hydrogen-bond donors (Lipinski definition) is 1. The summed E-state index contributed by atoms with van der Waals surface area (Å²) < 4.78 is 4.97. The molecule has 1 aromatic rings. The van der Waals surface area contributed by atoms with Gasteiger partial charge in [0.05, 0.1) is 11.8 Å². The van der Waals surface area contributed by atoms with Gasteiger partial charge in [0.15, 0.2) is 0 Å². The summed E-state index contributed by atoms with van der Waals surface area (Å²) in [5.74, 6) is -0.105. The van der Waals surface area contributed by atoms with Gasteiger partial charge in [-0.05, 0) is 32.8 Å². The van der Waals surface area contributed by atoms with Gasteiger partial charge in [-0.2, -0.15) is 0 Å². The van der Waals surface area contributed by atoms with Gasteiger partial charge in [0, 0.05) is 25.0 Å². The van der Waals surface area contributed by atoms with Gasteiger partial charge in [-0.1, -0.05) is 13.8 Å². The second kappa shape index (κ2) is 8.49. The van der Waals surface area contributed by atoms with Crippen LogP contribution in [0.1, 0.15) is 57.3 Å². The molecular weight excluding hydrogens is 268 g/mol. The van der Waals surface area contributed by atoms with Gasteiger partial charge in [0.1, 0.15) is 6.26 Å². The van der Waals surface area contributed by atoms with E-state index in [4.69, 9.17) is 4.42 Å². The van der Waals surface area contributed by atoms with Crippen molar-refractivity contribution in [3.63, 3.8) is 0 Å². The Morgan fingerprint density at radius 2 is 2.00 bits per heavy atom. The number of nitrogens with zero attached hydrogens (tertiary/aromatic N) is 1. The molecule has 2 amide bonds. The highest BCUT2D eigenvalue weighted by Crippen LogP contribution is 2.12. The molecule has 0 saturated heterocycles. The predicted octanol–water partition coefficient (Wildman–Crippen LogP) is 2.83. The molecule has 5 nitrogen and oxygen atoms in total. The lowest BCUT2D eigenvalue weighted by atomic mass is 10.1. The molecule has 0 aliphatic heterocycles. The van der Waals surface area contributed by atoms with E-state index in [1.165, 1.54) is 12.5 Å². The van der Waals surface area contributed by atoms with Crippen molar-refractivity contribution in [1.82, 2.24) is 10.2 Å². The van der Waals surface area contributed by atoms with Crippen LogP contribution in [0.5, 0.6) is 0 Å². The van der Waals surface area contributed by atoms with Crippen LogP contribution >= 0.6 is 0 Å². The van der Waals surface area contributed by atoms with Gasteiger partial charge in [-0.15, -0.1) is 0 Å². The zero-order chi connectivity index (χ0) is 15.8. The predicted molar refractivity (Wildman–Crippen MR) is 82.0 cm³/mol. The average molecular weight is 294 g/mol. The fraction of sp³-hybridized carbons (Fsp3) is 0.625. The molecule has 0 aliphatic carbocycles. The molecule has 0 spiro atoms. The van der Waals surface area contributed by atoms with Gasteiger partial charge < -0.3 is 14.6 Å². The van der Waals surface area contributed by atoms with Gasteiger partial charge >= 0.3 is 0 Å². The minimum Gasteiger partial charge on any atom is -0.472 e. The Morgan fingerprint density at radius 3 is 2.52 bits per heavy atom. The Bertz CT molecular complexity index is 442. The van der Waals surface area contributed by atoms with Crippen LogP contribution in [-0.4, -0.2) is 35.3 Å². The number of carbonyl (C=O) groups excluding carboxylic acids is 2. The van der Waals surface area contributed by atoms with Crippen molar-refractivity contribution in [3.8, 4) is 0 Å². The minimum atomic E-state index is -0.0885. The first-order valence-corrected chi connectivity index (χ1v) is 7.62. The highest BCUT2D eigenvalue weighted by Gasteiger charge is 2.22. The third-order valence-corrected chi connectivity index (χ3v) is 3.75. The van der Waals surface area contributed by atoms with E-state index in [0.717, 1.165) is 12.8 Å². The van der Waals surface area contributed by atoms with E-state index >= 15 is 0 Å². The molecule has 21 heavy (non-hydrogen) atoms. The molecule has 0 unspecified atom stereocenters. The Balaban J connectivity index is 2.63. The number of nitrogens with one attached hydrogen (secondary N) is 1. The Morgan fingerprint density at radius 1 is 1.29 bits per heavy atom. The van der Waals surface area contributed by atoms with Crippen LogP contribution in [0.2, 0.25) is 0 Å². The van der Waals surface area contributed by atoms with E-state index < -0.39 is 0 Å². The minimum absolute atomic E-state index is 0.0161. The van der Waals surface area contributed by atoms with Crippen LogP contribution in [0.15, 0.2) is 23.0 Å². The number of amides is 2. The van der Waals surface area contributed by atoms with E-state index in [1.54, 1.807) is 11.0 Å². The fourth-order valence-corrected chi connectivity index (χ4v) is 1.97. The van der Waals surface area contributed by atoms with Crippen LogP contribution in [0.25, 0.3) is 0 Å². The first-order valence-electron chi connectivity index (χ1n) is 7.62. The van der Waals surface area contributed by atoms with Crippen LogP contribution in [0.4, 0.5) is 0 Å². The van der Waals surface area contributed by atoms with Crippen LogP contribution in [0.3, 0.4) is 0 Å². The van der Waals surface area contributed by atoms with Crippen molar-refractivity contribution in [2.24, 2.45) is 0 Å². The molecular formula is C16H26N2O3. The number of carbonyl (C=O) groups is 2. The molecule has 1 rings (SSSR count). The number of furan rings is 1. The third-order valence-electron chi connectivity index (χ3n) is 3.75. The fourth-order valence-electron chi connectivity index (χ4n) is 1.97. The van der Waals surface area contributed by atoms with Crippen LogP contribution in [0, 0.1) is 0 Å². The summed E-state index contributed by atoms with van der Waals surface area (Å²) in [4.78, 5) is 26.0. The van der Waals surface area contributed by atoms with Crippen molar-refractivity contribution in [2.45, 2.75) is 59.0 Å². The number of hydrogen-bond acceptors (Lipinski definition) is 3. The Kier molecular flexibility index (Phi) is 6.99. The van der Waals surface area contributed by atoms with E-state index in [-0.39, 0.29) is 23.9 Å². The maximum Gasteiger partial charge on any atom is 0.257 e. The van der Waals surface area contributed by atoms with Crippen molar-refractivity contribution in [1.29, 1.82) is 0 Å². The topological polar surface area (TPSA) is 62.6 Å². The molecule has 0 fully saturated rings. The van der Waals surface area contributed by atoms with Crippen LogP contribution < -0.4 is 5.32 Å². The molecule has 0 aliphatic rings. The zero-order valence-corrected chi connectivity index (χ0v) is 13.4. The third kappa shape index (κ3) is 5.25. The van der Waals surface area contributed by atoms with Gasteiger partial charge in [-0.3, -0.25) is 9.59 Å². The maximum absolute atomic E-state index is 12.4.